The van der Waals surface area contributed by atoms with E-state index in [-0.39, 0.29) is 5.97 Å². The highest BCUT2D eigenvalue weighted by Crippen LogP contribution is 2.04. The van der Waals surface area contributed by atoms with Crippen LogP contribution in [0, 0.1) is 0 Å². The van der Waals surface area contributed by atoms with Crippen LogP contribution in [-0.2, 0) is 16.0 Å². The number of hydrogen-bond donors (Lipinski definition) is 1. The number of nitrogens with two attached hydrogens (primary N) is 1. The molecule has 0 amide bonds. The summed E-state index contributed by atoms with van der Waals surface area (Å²) in [4.78, 5) is 11.2. The summed E-state index contributed by atoms with van der Waals surface area (Å²) < 4.78 is 4.83. The van der Waals surface area contributed by atoms with Gasteiger partial charge in [0.25, 0.3) is 0 Å². The molecule has 0 unspecified atom stereocenters. The van der Waals surface area contributed by atoms with Gasteiger partial charge in [0.2, 0.25) is 0 Å². The van der Waals surface area contributed by atoms with Crippen molar-refractivity contribution in [2.45, 2.75) is 25.8 Å². The minimum Gasteiger partial charge on any atom is -0.465 e. The van der Waals surface area contributed by atoms with Gasteiger partial charge in [-0.15, -0.1) is 0 Å². The Labute approximate surface area is 90.2 Å². The van der Waals surface area contributed by atoms with Crippen LogP contribution in [0.2, 0.25) is 0 Å². The van der Waals surface area contributed by atoms with Crippen molar-refractivity contribution in [1.82, 2.24) is 0 Å². The molecular formula is C12H17NO2. The van der Waals surface area contributed by atoms with E-state index in [2.05, 4.69) is 0 Å². The first-order chi connectivity index (χ1) is 7.24. The van der Waals surface area contributed by atoms with Gasteiger partial charge in [-0.3, -0.25) is 4.79 Å². The van der Waals surface area contributed by atoms with Crippen LogP contribution >= 0.6 is 0 Å². The second kappa shape index (κ2) is 6.19. The molecule has 1 aromatic rings. The van der Waals surface area contributed by atoms with E-state index in [1.54, 1.807) is 6.92 Å². The largest absolute Gasteiger partial charge is 0.465 e. The fourth-order valence-electron chi connectivity index (χ4n) is 1.33. The Bertz CT molecular complexity index is 298. The van der Waals surface area contributed by atoms with E-state index in [1.807, 2.05) is 30.3 Å². The summed E-state index contributed by atoms with van der Waals surface area (Å²) in [6.07, 6.45) is 1.43. The van der Waals surface area contributed by atoms with Gasteiger partial charge >= 0.3 is 5.97 Å². The molecule has 1 aromatic carbocycles. The quantitative estimate of drug-likeness (QED) is 0.744. The van der Waals surface area contributed by atoms with E-state index in [4.69, 9.17) is 10.5 Å². The third kappa shape index (κ3) is 4.13. The molecule has 0 fully saturated rings. The van der Waals surface area contributed by atoms with Gasteiger partial charge in [0.05, 0.1) is 6.61 Å². The predicted octanol–water partition coefficient (Wildman–Crippen LogP) is 1.51. The van der Waals surface area contributed by atoms with Crippen molar-refractivity contribution in [3.8, 4) is 0 Å². The van der Waals surface area contributed by atoms with Crippen molar-refractivity contribution in [2.75, 3.05) is 6.61 Å². The Morgan fingerprint density at radius 2 is 2.07 bits per heavy atom. The number of aryl methyl sites for hydroxylation is 1. The van der Waals surface area contributed by atoms with Gasteiger partial charge in [0.1, 0.15) is 6.04 Å². The van der Waals surface area contributed by atoms with Crippen molar-refractivity contribution in [1.29, 1.82) is 0 Å². The number of esters is 1. The molecule has 0 aromatic heterocycles. The Morgan fingerprint density at radius 1 is 1.40 bits per heavy atom. The summed E-state index contributed by atoms with van der Waals surface area (Å²) in [5.74, 6) is -0.312. The van der Waals surface area contributed by atoms with Gasteiger partial charge in [-0.05, 0) is 25.3 Å². The number of rotatable bonds is 5. The Hall–Kier alpha value is -1.35. The second-order valence-electron chi connectivity index (χ2n) is 3.38. The zero-order valence-corrected chi connectivity index (χ0v) is 8.98. The molecule has 0 aliphatic rings. The first kappa shape index (κ1) is 11.7. The van der Waals surface area contributed by atoms with Gasteiger partial charge in [0, 0.05) is 0 Å². The fourth-order valence-corrected chi connectivity index (χ4v) is 1.33. The summed E-state index contributed by atoms with van der Waals surface area (Å²) in [6.45, 7) is 2.17. The lowest BCUT2D eigenvalue weighted by Crippen LogP contribution is -2.32. The minimum atomic E-state index is -0.509. The highest BCUT2D eigenvalue weighted by molar-refractivity contribution is 5.75. The van der Waals surface area contributed by atoms with E-state index in [0.29, 0.717) is 13.0 Å². The molecule has 0 saturated heterocycles. The smallest absolute Gasteiger partial charge is 0.322 e. The molecule has 0 radical (unpaired) electrons. The molecule has 0 aliphatic carbocycles. The van der Waals surface area contributed by atoms with E-state index in [9.17, 15) is 4.79 Å². The van der Waals surface area contributed by atoms with Crippen LogP contribution < -0.4 is 5.73 Å². The lowest BCUT2D eigenvalue weighted by Gasteiger charge is -2.09. The number of benzene rings is 1. The van der Waals surface area contributed by atoms with Crippen molar-refractivity contribution >= 4 is 5.97 Å². The molecular weight excluding hydrogens is 190 g/mol. The van der Waals surface area contributed by atoms with Gasteiger partial charge < -0.3 is 10.5 Å². The Kier molecular flexibility index (Phi) is 4.84. The molecule has 1 atom stereocenters. The molecule has 0 spiro atoms. The Balaban J connectivity index is 2.34. The molecule has 82 valence electrons. The van der Waals surface area contributed by atoms with Gasteiger partial charge in [-0.1, -0.05) is 30.3 Å². The summed E-state index contributed by atoms with van der Waals surface area (Å²) in [7, 11) is 0. The van der Waals surface area contributed by atoms with E-state index in [0.717, 1.165) is 6.42 Å². The number of ether oxygens (including phenoxy) is 1. The van der Waals surface area contributed by atoms with Gasteiger partial charge in [-0.25, -0.2) is 0 Å². The second-order valence-corrected chi connectivity index (χ2v) is 3.38. The summed E-state index contributed by atoms with van der Waals surface area (Å²) in [5.41, 5.74) is 6.87. The standard InChI is InChI=1S/C12H17NO2/c1-2-15-12(14)11(13)9-8-10-6-4-3-5-7-10/h3-7,11H,2,8-9,13H2,1H3/t11-/m1/s1. The fraction of sp³-hybridized carbons (Fsp3) is 0.417. The van der Waals surface area contributed by atoms with Gasteiger partial charge in [0.15, 0.2) is 0 Å². The topological polar surface area (TPSA) is 52.3 Å². The van der Waals surface area contributed by atoms with Crippen molar-refractivity contribution in [3.05, 3.63) is 35.9 Å². The molecule has 3 nitrogen and oxygen atoms in total. The normalized spacial score (nSPS) is 12.1. The van der Waals surface area contributed by atoms with Crippen LogP contribution in [0.4, 0.5) is 0 Å². The molecule has 0 heterocycles. The monoisotopic (exact) mass is 207 g/mol. The van der Waals surface area contributed by atoms with Crippen LogP contribution in [-0.4, -0.2) is 18.6 Å². The third-order valence-electron chi connectivity index (χ3n) is 2.18. The SMILES string of the molecule is CCOC(=O)[C@H](N)CCc1ccccc1. The van der Waals surface area contributed by atoms with Crippen LogP contribution in [0.25, 0.3) is 0 Å². The predicted molar refractivity (Wildman–Crippen MR) is 59.4 cm³/mol. The van der Waals surface area contributed by atoms with Gasteiger partial charge in [-0.2, -0.15) is 0 Å². The molecule has 0 saturated carbocycles. The number of carbonyl (C=O) groups is 1. The molecule has 0 bridgehead atoms. The lowest BCUT2D eigenvalue weighted by atomic mass is 10.1. The van der Waals surface area contributed by atoms with Crippen LogP contribution in [0.1, 0.15) is 18.9 Å². The van der Waals surface area contributed by atoms with E-state index < -0.39 is 6.04 Å². The summed E-state index contributed by atoms with van der Waals surface area (Å²) >= 11 is 0. The van der Waals surface area contributed by atoms with Crippen molar-refractivity contribution in [2.24, 2.45) is 5.73 Å². The Morgan fingerprint density at radius 3 is 2.67 bits per heavy atom. The maximum atomic E-state index is 11.2. The number of hydrogen-bond acceptors (Lipinski definition) is 3. The molecule has 15 heavy (non-hydrogen) atoms. The lowest BCUT2D eigenvalue weighted by molar-refractivity contribution is -0.144. The van der Waals surface area contributed by atoms with Crippen molar-refractivity contribution < 1.29 is 9.53 Å². The average molecular weight is 207 g/mol. The first-order valence-corrected chi connectivity index (χ1v) is 5.20. The zero-order chi connectivity index (χ0) is 11.1. The molecule has 0 aliphatic heterocycles. The zero-order valence-electron chi connectivity index (χ0n) is 8.98. The van der Waals surface area contributed by atoms with Crippen molar-refractivity contribution in [3.63, 3.8) is 0 Å². The van der Waals surface area contributed by atoms with E-state index >= 15 is 0 Å². The molecule has 2 N–H and O–H groups in total. The first-order valence-electron chi connectivity index (χ1n) is 5.20. The summed E-state index contributed by atoms with van der Waals surface area (Å²) in [6, 6.07) is 9.46. The average Bonchev–Trinajstić information content (AvgIpc) is 2.27. The van der Waals surface area contributed by atoms with Crippen LogP contribution in [0.3, 0.4) is 0 Å². The minimum absolute atomic E-state index is 0.312. The molecule has 3 heteroatoms. The van der Waals surface area contributed by atoms with E-state index in [1.165, 1.54) is 5.56 Å². The number of carbonyl (C=O) groups excluding carboxylic acids is 1. The summed E-state index contributed by atoms with van der Waals surface area (Å²) in [5, 5.41) is 0. The van der Waals surface area contributed by atoms with Crippen LogP contribution in [0.15, 0.2) is 30.3 Å². The molecule has 1 rings (SSSR count). The maximum Gasteiger partial charge on any atom is 0.322 e. The highest BCUT2D eigenvalue weighted by atomic mass is 16.5. The third-order valence-corrected chi connectivity index (χ3v) is 2.18. The maximum absolute atomic E-state index is 11.2. The van der Waals surface area contributed by atoms with Crippen LogP contribution in [0.5, 0.6) is 0 Å². The highest BCUT2D eigenvalue weighted by Gasteiger charge is 2.13.